The van der Waals surface area contributed by atoms with E-state index in [4.69, 9.17) is 0 Å². The zero-order chi connectivity index (χ0) is 23.4. The first kappa shape index (κ1) is 20.5. The second-order valence-corrected chi connectivity index (χ2v) is 7.45. The van der Waals surface area contributed by atoms with Crippen molar-refractivity contribution in [2.45, 2.75) is 13.5 Å². The lowest BCUT2D eigenvalue weighted by Crippen LogP contribution is -2.20. The predicted molar refractivity (Wildman–Crippen MR) is 110 cm³/mol. The van der Waals surface area contributed by atoms with Gasteiger partial charge in [0.25, 0.3) is 5.56 Å². The van der Waals surface area contributed by atoms with Crippen LogP contribution in [0.2, 0.25) is 0 Å². The molecular weight excluding hydrogens is 439 g/mol. The summed E-state index contributed by atoms with van der Waals surface area (Å²) in [5, 5.41) is 10.2. The van der Waals surface area contributed by atoms with Crippen molar-refractivity contribution in [3.63, 3.8) is 0 Å². The molecule has 0 saturated heterocycles. The quantitative estimate of drug-likeness (QED) is 0.321. The van der Waals surface area contributed by atoms with Crippen LogP contribution in [0.3, 0.4) is 0 Å². The van der Waals surface area contributed by atoms with Crippen molar-refractivity contribution in [2.75, 3.05) is 0 Å². The molecule has 1 aromatic carbocycles. The monoisotopic (exact) mass is 453 g/mol. The molecule has 0 aliphatic carbocycles. The van der Waals surface area contributed by atoms with Crippen LogP contribution in [0.1, 0.15) is 27.4 Å². The van der Waals surface area contributed by atoms with Gasteiger partial charge < -0.3 is 14.8 Å². The minimum Gasteiger partial charge on any atom is -0.427 e. The molecule has 0 radical (unpaired) electrons. The highest BCUT2D eigenvalue weighted by Crippen LogP contribution is 2.24. The number of imidazole rings is 1. The van der Waals surface area contributed by atoms with E-state index in [-0.39, 0.29) is 34.7 Å². The van der Waals surface area contributed by atoms with Gasteiger partial charge in [0.2, 0.25) is 5.78 Å². The highest BCUT2D eigenvalue weighted by molar-refractivity contribution is 6.16. The van der Waals surface area contributed by atoms with Crippen molar-refractivity contribution in [1.29, 1.82) is 0 Å². The molecule has 0 saturated carbocycles. The Kier molecular flexibility index (Phi) is 4.55. The van der Waals surface area contributed by atoms with E-state index in [1.807, 2.05) is 0 Å². The van der Waals surface area contributed by atoms with Gasteiger partial charge >= 0.3 is 0 Å². The summed E-state index contributed by atoms with van der Waals surface area (Å²) in [6, 6.07) is 5.64. The number of carbonyl (C=O) groups is 1. The Morgan fingerprint density at radius 3 is 2.58 bits per heavy atom. The zero-order valence-corrected chi connectivity index (χ0v) is 16.9. The van der Waals surface area contributed by atoms with Gasteiger partial charge in [0, 0.05) is 35.5 Å². The Hall–Kier alpha value is -4.41. The third kappa shape index (κ3) is 3.25. The maximum Gasteiger partial charge on any atom is 0.275 e. The molecule has 2 aliphatic heterocycles. The van der Waals surface area contributed by atoms with Gasteiger partial charge in [-0.2, -0.15) is 4.73 Å². The molecule has 5 rings (SSSR count). The number of nitrogens with zero attached hydrogens (tertiary/aromatic N) is 4. The smallest absolute Gasteiger partial charge is 0.275 e. The van der Waals surface area contributed by atoms with Gasteiger partial charge in [-0.3, -0.25) is 9.59 Å². The molecule has 0 unspecified atom stereocenters. The molecule has 2 aliphatic rings. The van der Waals surface area contributed by atoms with Gasteiger partial charge in [0.05, 0.1) is 17.8 Å². The summed E-state index contributed by atoms with van der Waals surface area (Å²) in [6.45, 7) is 1.67. The lowest BCUT2D eigenvalue weighted by Gasteiger charge is -2.05. The number of halogens is 3. The molecule has 3 aromatic rings. The minimum absolute atomic E-state index is 0.0218. The van der Waals surface area contributed by atoms with Crippen molar-refractivity contribution < 1.29 is 23.2 Å². The molecule has 2 aromatic heterocycles. The van der Waals surface area contributed by atoms with E-state index in [0.717, 1.165) is 4.73 Å². The summed E-state index contributed by atoms with van der Waals surface area (Å²) in [5.41, 5.74) is -0.522. The maximum atomic E-state index is 14.1. The Balaban J connectivity index is 1.54. The fourth-order valence-corrected chi connectivity index (χ4v) is 3.69. The molecular formula is C22H14F3N5O3. The number of benzene rings is 1. The third-order valence-corrected chi connectivity index (χ3v) is 5.34. The van der Waals surface area contributed by atoms with E-state index in [2.05, 4.69) is 15.0 Å². The topological polar surface area (TPSA) is 106 Å². The third-order valence-electron chi connectivity index (χ3n) is 5.34. The number of carbonyl (C=O) groups excluding carboxylic acids is 1. The number of aromatic nitrogens is 5. The second kappa shape index (κ2) is 7.33. The van der Waals surface area contributed by atoms with Crippen LogP contribution in [0.5, 0.6) is 0 Å². The molecule has 0 fully saturated rings. The first-order valence-electron chi connectivity index (χ1n) is 9.68. The summed E-state index contributed by atoms with van der Waals surface area (Å²) < 4.78 is 43.5. The van der Waals surface area contributed by atoms with Crippen molar-refractivity contribution in [2.24, 2.45) is 0 Å². The van der Waals surface area contributed by atoms with Crippen LogP contribution in [0.15, 0.2) is 47.5 Å². The second-order valence-electron chi connectivity index (χ2n) is 7.45. The standard InChI is InChI=1S/C22H14F3N5O3/c1-10-2-3-16-21(30(10)33)28-17(27-16)9-29-5-4-12-13(8-26-19(12)22(29)32)20(31)18-14(24)6-11(23)7-15(18)25/h2-8,26,33H,9H2,1H3. The summed E-state index contributed by atoms with van der Waals surface area (Å²) >= 11 is 0. The average Bonchev–Trinajstić information content (AvgIpc) is 3.37. The molecule has 166 valence electrons. The van der Waals surface area contributed by atoms with E-state index in [1.54, 1.807) is 19.1 Å². The Morgan fingerprint density at radius 1 is 1.12 bits per heavy atom. The van der Waals surface area contributed by atoms with Crippen molar-refractivity contribution in [3.8, 4) is 11.5 Å². The fraction of sp³-hybridized carbons (Fsp3) is 0.0909. The number of hydrogen-bond acceptors (Lipinski definition) is 5. The van der Waals surface area contributed by atoms with Crippen LogP contribution in [0.4, 0.5) is 13.2 Å². The number of fused-ring (bicyclic) bond motifs is 2. The zero-order valence-electron chi connectivity index (χ0n) is 16.9. The van der Waals surface area contributed by atoms with Gasteiger partial charge in [0.1, 0.15) is 28.7 Å². The van der Waals surface area contributed by atoms with Gasteiger partial charge in [-0.1, -0.05) is 0 Å². The number of nitrogens with one attached hydrogen (secondary N) is 1. The van der Waals surface area contributed by atoms with Crippen molar-refractivity contribution >= 4 is 16.7 Å². The normalized spacial score (nSPS) is 11.5. The van der Waals surface area contributed by atoms with E-state index >= 15 is 0 Å². The highest BCUT2D eigenvalue weighted by atomic mass is 19.1. The lowest BCUT2D eigenvalue weighted by atomic mass is 10.0. The van der Waals surface area contributed by atoms with Gasteiger partial charge in [-0.25, -0.2) is 23.1 Å². The Morgan fingerprint density at radius 2 is 1.85 bits per heavy atom. The number of rotatable bonds is 4. The van der Waals surface area contributed by atoms with Gasteiger partial charge in [0.15, 0.2) is 11.6 Å². The highest BCUT2D eigenvalue weighted by Gasteiger charge is 2.24. The van der Waals surface area contributed by atoms with E-state index < -0.39 is 34.4 Å². The van der Waals surface area contributed by atoms with Crippen molar-refractivity contribution in [1.82, 2.24) is 24.2 Å². The molecule has 2 N–H and O–H groups in total. The fourth-order valence-electron chi connectivity index (χ4n) is 3.69. The molecule has 0 bridgehead atoms. The maximum absolute atomic E-state index is 14.1. The van der Waals surface area contributed by atoms with Crippen molar-refractivity contribution in [3.05, 3.63) is 93.2 Å². The number of aryl methyl sites for hydroxylation is 1. The van der Waals surface area contributed by atoms with E-state index in [0.29, 0.717) is 23.5 Å². The van der Waals surface area contributed by atoms with Crippen LogP contribution in [0, 0.1) is 24.4 Å². The summed E-state index contributed by atoms with van der Waals surface area (Å²) in [4.78, 5) is 36.9. The first-order valence-corrected chi connectivity index (χ1v) is 9.68. The number of pyridine rings is 2. The van der Waals surface area contributed by atoms with E-state index in [9.17, 15) is 28.0 Å². The first-order chi connectivity index (χ1) is 15.7. The number of H-pyrrole nitrogens is 1. The van der Waals surface area contributed by atoms with Gasteiger partial charge in [-0.05, 0) is 25.1 Å². The molecule has 11 heteroatoms. The lowest BCUT2D eigenvalue weighted by molar-refractivity contribution is 0.103. The molecule has 8 nitrogen and oxygen atoms in total. The molecule has 4 heterocycles. The molecule has 33 heavy (non-hydrogen) atoms. The summed E-state index contributed by atoms with van der Waals surface area (Å²) in [7, 11) is 0. The van der Waals surface area contributed by atoms with Gasteiger partial charge in [-0.15, -0.1) is 0 Å². The summed E-state index contributed by atoms with van der Waals surface area (Å²) in [5.74, 6) is -4.32. The molecule has 0 atom stereocenters. The number of hydrogen-bond donors (Lipinski definition) is 2. The Bertz CT molecular complexity index is 1580. The van der Waals surface area contributed by atoms with Crippen LogP contribution >= 0.6 is 0 Å². The average molecular weight is 453 g/mol. The molecule has 0 spiro atoms. The number of ketones is 1. The summed E-state index contributed by atoms with van der Waals surface area (Å²) in [6.07, 6.45) is 2.57. The Labute approximate surface area is 182 Å². The van der Waals surface area contributed by atoms with Crippen LogP contribution in [-0.2, 0) is 6.54 Å². The predicted octanol–water partition coefficient (Wildman–Crippen LogP) is 3.27. The largest absolute Gasteiger partial charge is 0.427 e. The molecule has 0 amide bonds. The SMILES string of the molecule is Cc1ccc2nc(Cn3ccc4c(C(=O)c5c(F)cc(F)cc5F)c[nH]c4c3=O)nc-2n1O. The van der Waals surface area contributed by atoms with Crippen LogP contribution in [-0.4, -0.2) is 35.2 Å². The number of aromatic amines is 1. The minimum atomic E-state index is -1.34. The van der Waals surface area contributed by atoms with E-state index in [1.165, 1.54) is 23.0 Å². The van der Waals surface area contributed by atoms with Crippen LogP contribution < -0.4 is 5.56 Å². The van der Waals surface area contributed by atoms with Crippen LogP contribution in [0.25, 0.3) is 22.4 Å².